The van der Waals surface area contributed by atoms with E-state index in [1.54, 1.807) is 25.3 Å². The summed E-state index contributed by atoms with van der Waals surface area (Å²) in [6.45, 7) is 4.90. The lowest BCUT2D eigenvalue weighted by atomic mass is 10.2. The second kappa shape index (κ2) is 7.87. The van der Waals surface area contributed by atoms with Crippen LogP contribution in [0, 0.1) is 6.92 Å². The fraction of sp³-hybridized carbons (Fsp3) is 0.429. The van der Waals surface area contributed by atoms with Crippen molar-refractivity contribution in [3.05, 3.63) is 28.8 Å². The Morgan fingerprint density at radius 1 is 1.40 bits per heavy atom. The summed E-state index contributed by atoms with van der Waals surface area (Å²) in [7, 11) is 1.55. The van der Waals surface area contributed by atoms with Crippen LogP contribution >= 0.6 is 11.6 Å². The smallest absolute Gasteiger partial charge is 0.313 e. The van der Waals surface area contributed by atoms with Crippen LogP contribution in [0.1, 0.15) is 12.5 Å². The fourth-order valence-electron chi connectivity index (χ4n) is 1.60. The highest BCUT2D eigenvalue weighted by molar-refractivity contribution is 6.39. The Kier molecular flexibility index (Phi) is 6.48. The molecule has 0 aliphatic heterocycles. The van der Waals surface area contributed by atoms with Gasteiger partial charge in [-0.3, -0.25) is 9.59 Å². The van der Waals surface area contributed by atoms with Crippen LogP contribution in [0.2, 0.25) is 5.02 Å². The van der Waals surface area contributed by atoms with E-state index in [0.717, 1.165) is 5.56 Å². The molecule has 0 aliphatic carbocycles. The summed E-state index contributed by atoms with van der Waals surface area (Å²) in [6, 6.07) is 5.11. The number of carbonyl (C=O) groups is 2. The minimum Gasteiger partial charge on any atom is -0.383 e. The molecular formula is C14H19ClN2O3. The van der Waals surface area contributed by atoms with Gasteiger partial charge in [-0.25, -0.2) is 0 Å². The molecule has 2 amide bonds. The molecule has 0 spiro atoms. The number of nitrogens with one attached hydrogen (secondary N) is 1. The molecule has 0 bridgehead atoms. The Bertz CT molecular complexity index is 491. The van der Waals surface area contributed by atoms with E-state index in [2.05, 4.69) is 5.32 Å². The fourth-order valence-corrected chi connectivity index (χ4v) is 1.78. The summed E-state index contributed by atoms with van der Waals surface area (Å²) in [6.07, 6.45) is 0. The molecule has 0 radical (unpaired) electrons. The predicted molar refractivity (Wildman–Crippen MR) is 78.9 cm³/mol. The highest BCUT2D eigenvalue weighted by Gasteiger charge is 2.20. The number of likely N-dealkylation sites (N-methyl/N-ethyl adjacent to an activating group) is 1. The van der Waals surface area contributed by atoms with E-state index in [-0.39, 0.29) is 0 Å². The number of aryl methyl sites for hydroxylation is 1. The van der Waals surface area contributed by atoms with Gasteiger partial charge in [0.25, 0.3) is 0 Å². The van der Waals surface area contributed by atoms with Gasteiger partial charge in [-0.1, -0.05) is 17.7 Å². The van der Waals surface area contributed by atoms with Gasteiger partial charge in [0.2, 0.25) is 0 Å². The molecule has 6 heteroatoms. The van der Waals surface area contributed by atoms with Crippen molar-refractivity contribution in [1.82, 2.24) is 4.90 Å². The number of benzene rings is 1. The van der Waals surface area contributed by atoms with E-state index >= 15 is 0 Å². The number of methoxy groups -OCH3 is 1. The molecular weight excluding hydrogens is 280 g/mol. The summed E-state index contributed by atoms with van der Waals surface area (Å²) in [5.41, 5.74) is 1.41. The van der Waals surface area contributed by atoms with Crippen molar-refractivity contribution in [1.29, 1.82) is 0 Å². The van der Waals surface area contributed by atoms with Gasteiger partial charge in [0.05, 0.1) is 6.61 Å². The van der Waals surface area contributed by atoms with E-state index in [0.29, 0.717) is 30.4 Å². The molecule has 0 saturated carbocycles. The number of halogens is 1. The SMILES string of the molecule is CCN(CCOC)C(=O)C(=O)Nc1ccc(C)c(Cl)c1. The zero-order chi connectivity index (χ0) is 15.1. The minimum absolute atomic E-state index is 0.383. The zero-order valence-corrected chi connectivity index (χ0v) is 12.7. The van der Waals surface area contributed by atoms with Crippen LogP contribution < -0.4 is 5.32 Å². The number of nitrogens with zero attached hydrogens (tertiary/aromatic N) is 1. The lowest BCUT2D eigenvalue weighted by Gasteiger charge is -2.19. The third-order valence-electron chi connectivity index (χ3n) is 2.86. The van der Waals surface area contributed by atoms with Crippen molar-refractivity contribution in [3.8, 4) is 0 Å². The maximum absolute atomic E-state index is 12.0. The average molecular weight is 299 g/mol. The third kappa shape index (κ3) is 4.51. The molecule has 0 aromatic heterocycles. The Morgan fingerprint density at radius 2 is 2.10 bits per heavy atom. The first kappa shape index (κ1) is 16.5. The maximum Gasteiger partial charge on any atom is 0.313 e. The number of carbonyl (C=O) groups excluding carboxylic acids is 2. The van der Waals surface area contributed by atoms with Gasteiger partial charge in [-0.15, -0.1) is 0 Å². The monoisotopic (exact) mass is 298 g/mol. The van der Waals surface area contributed by atoms with Gasteiger partial charge in [0.15, 0.2) is 0 Å². The molecule has 1 aromatic carbocycles. The highest BCUT2D eigenvalue weighted by Crippen LogP contribution is 2.19. The van der Waals surface area contributed by atoms with Crippen molar-refractivity contribution in [3.63, 3.8) is 0 Å². The van der Waals surface area contributed by atoms with Crippen LogP contribution in [-0.2, 0) is 14.3 Å². The summed E-state index contributed by atoms with van der Waals surface area (Å²) < 4.78 is 4.91. The van der Waals surface area contributed by atoms with Gasteiger partial charge in [0, 0.05) is 30.9 Å². The molecule has 1 aromatic rings. The van der Waals surface area contributed by atoms with Gasteiger partial charge < -0.3 is 15.0 Å². The number of anilines is 1. The zero-order valence-electron chi connectivity index (χ0n) is 11.9. The van der Waals surface area contributed by atoms with E-state index in [1.165, 1.54) is 4.90 Å². The number of hydrogen-bond acceptors (Lipinski definition) is 3. The van der Waals surface area contributed by atoms with Crippen molar-refractivity contribution < 1.29 is 14.3 Å². The van der Waals surface area contributed by atoms with Gasteiger partial charge in [-0.2, -0.15) is 0 Å². The van der Waals surface area contributed by atoms with Crippen molar-refractivity contribution in [2.45, 2.75) is 13.8 Å². The molecule has 0 atom stereocenters. The topological polar surface area (TPSA) is 58.6 Å². The van der Waals surface area contributed by atoms with Gasteiger partial charge in [-0.05, 0) is 31.5 Å². The van der Waals surface area contributed by atoms with E-state index in [4.69, 9.17) is 16.3 Å². The van der Waals surface area contributed by atoms with Crippen LogP contribution in [0.4, 0.5) is 5.69 Å². The Hall–Kier alpha value is -1.59. The molecule has 20 heavy (non-hydrogen) atoms. The minimum atomic E-state index is -0.678. The van der Waals surface area contributed by atoms with Crippen LogP contribution in [0.3, 0.4) is 0 Å². The first-order valence-corrected chi connectivity index (χ1v) is 6.72. The third-order valence-corrected chi connectivity index (χ3v) is 3.27. The van der Waals surface area contributed by atoms with E-state index in [1.807, 2.05) is 13.8 Å². The predicted octanol–water partition coefficient (Wildman–Crippen LogP) is 2.08. The van der Waals surface area contributed by atoms with Crippen molar-refractivity contribution in [2.75, 3.05) is 32.1 Å². The molecule has 5 nitrogen and oxygen atoms in total. The number of rotatable bonds is 5. The highest BCUT2D eigenvalue weighted by atomic mass is 35.5. The second-order valence-corrected chi connectivity index (χ2v) is 4.70. The Balaban J connectivity index is 2.68. The number of ether oxygens (including phenoxy) is 1. The van der Waals surface area contributed by atoms with Crippen LogP contribution in [0.5, 0.6) is 0 Å². The average Bonchev–Trinajstić information content (AvgIpc) is 2.43. The van der Waals surface area contributed by atoms with Crippen molar-refractivity contribution in [2.24, 2.45) is 0 Å². The molecule has 0 unspecified atom stereocenters. The van der Waals surface area contributed by atoms with E-state index < -0.39 is 11.8 Å². The first-order valence-electron chi connectivity index (χ1n) is 6.35. The molecule has 0 aliphatic rings. The summed E-state index contributed by atoms with van der Waals surface area (Å²) >= 11 is 5.97. The van der Waals surface area contributed by atoms with Gasteiger partial charge in [0.1, 0.15) is 0 Å². The summed E-state index contributed by atoms with van der Waals surface area (Å²) in [4.78, 5) is 25.3. The lowest BCUT2D eigenvalue weighted by molar-refractivity contribution is -0.143. The molecule has 0 fully saturated rings. The first-order chi connectivity index (χ1) is 9.49. The molecule has 0 heterocycles. The molecule has 110 valence electrons. The van der Waals surface area contributed by atoms with Crippen LogP contribution in [0.15, 0.2) is 18.2 Å². The molecule has 1 N–H and O–H groups in total. The normalized spacial score (nSPS) is 10.2. The number of hydrogen-bond donors (Lipinski definition) is 1. The quantitative estimate of drug-likeness (QED) is 0.847. The Labute approximate surface area is 123 Å². The second-order valence-electron chi connectivity index (χ2n) is 4.30. The summed E-state index contributed by atoms with van der Waals surface area (Å²) in [5, 5.41) is 3.09. The van der Waals surface area contributed by atoms with Crippen LogP contribution in [-0.4, -0.2) is 43.5 Å². The summed E-state index contributed by atoms with van der Waals surface area (Å²) in [5.74, 6) is -1.26. The number of amides is 2. The Morgan fingerprint density at radius 3 is 2.65 bits per heavy atom. The van der Waals surface area contributed by atoms with Crippen molar-refractivity contribution >= 4 is 29.1 Å². The van der Waals surface area contributed by atoms with E-state index in [9.17, 15) is 9.59 Å². The standard InChI is InChI=1S/C14H19ClN2O3/c1-4-17(7-8-20-3)14(19)13(18)16-11-6-5-10(2)12(15)9-11/h5-6,9H,4,7-8H2,1-3H3,(H,16,18). The molecule has 0 saturated heterocycles. The van der Waals surface area contributed by atoms with Crippen LogP contribution in [0.25, 0.3) is 0 Å². The van der Waals surface area contributed by atoms with Gasteiger partial charge >= 0.3 is 11.8 Å². The largest absolute Gasteiger partial charge is 0.383 e. The molecule has 1 rings (SSSR count). The maximum atomic E-state index is 12.0. The lowest BCUT2D eigenvalue weighted by Crippen LogP contribution is -2.41.